The van der Waals surface area contributed by atoms with Crippen LogP contribution < -0.4 is 10.6 Å². The normalized spacial score (nSPS) is 11.4. The summed E-state index contributed by atoms with van der Waals surface area (Å²) in [4.78, 5) is 35.1. The number of benzene rings is 2. The van der Waals surface area contributed by atoms with Gasteiger partial charge >= 0.3 is 0 Å². The van der Waals surface area contributed by atoms with E-state index in [0.29, 0.717) is 11.3 Å². The lowest BCUT2D eigenvalue weighted by molar-refractivity contribution is -0.127. The van der Waals surface area contributed by atoms with Crippen LogP contribution in [-0.2, 0) is 9.59 Å². The van der Waals surface area contributed by atoms with Gasteiger partial charge in [0.05, 0.1) is 6.04 Å². The van der Waals surface area contributed by atoms with Crippen LogP contribution in [0.3, 0.4) is 0 Å². The first-order valence-electron chi connectivity index (χ1n) is 7.71. The minimum Gasteiger partial charge on any atom is -0.349 e. The number of amides is 2. The largest absolute Gasteiger partial charge is 0.349 e. The van der Waals surface area contributed by atoms with Crippen LogP contribution in [0.5, 0.6) is 0 Å². The van der Waals surface area contributed by atoms with E-state index >= 15 is 0 Å². The fourth-order valence-corrected chi connectivity index (χ4v) is 2.26. The zero-order valence-corrected chi connectivity index (χ0v) is 13.7. The zero-order valence-electron chi connectivity index (χ0n) is 13.7. The molecule has 0 aliphatic heterocycles. The Labute approximate surface area is 141 Å². The molecule has 0 heterocycles. The number of hydrogen-bond acceptors (Lipinski definition) is 3. The second-order valence-corrected chi connectivity index (χ2v) is 5.56. The molecule has 0 saturated carbocycles. The van der Waals surface area contributed by atoms with Gasteiger partial charge in [-0.15, -0.1) is 0 Å². The number of ketones is 1. The molecule has 5 heteroatoms. The van der Waals surface area contributed by atoms with Gasteiger partial charge in [0, 0.05) is 11.3 Å². The Morgan fingerprint density at radius 2 is 1.54 bits per heavy atom. The fraction of sp³-hybridized carbons (Fsp3) is 0.211. The molecular formula is C19H20N2O3. The van der Waals surface area contributed by atoms with Gasteiger partial charge in [-0.1, -0.05) is 30.3 Å². The van der Waals surface area contributed by atoms with Gasteiger partial charge in [-0.25, -0.2) is 0 Å². The minimum absolute atomic E-state index is 0.0397. The van der Waals surface area contributed by atoms with Crippen LogP contribution in [-0.4, -0.2) is 17.6 Å². The highest BCUT2D eigenvalue weighted by Gasteiger charge is 2.13. The van der Waals surface area contributed by atoms with Crippen molar-refractivity contribution < 1.29 is 14.4 Å². The monoisotopic (exact) mass is 324 g/mol. The van der Waals surface area contributed by atoms with E-state index in [2.05, 4.69) is 10.6 Å². The van der Waals surface area contributed by atoms with E-state index in [0.717, 1.165) is 5.56 Å². The molecule has 2 rings (SSSR count). The van der Waals surface area contributed by atoms with Crippen LogP contribution in [0.2, 0.25) is 0 Å². The predicted molar refractivity (Wildman–Crippen MR) is 92.7 cm³/mol. The van der Waals surface area contributed by atoms with E-state index < -0.39 is 5.91 Å². The first-order chi connectivity index (χ1) is 11.5. The molecule has 2 aromatic carbocycles. The molecule has 2 amide bonds. The number of anilines is 1. The van der Waals surface area contributed by atoms with Crippen molar-refractivity contribution in [3.63, 3.8) is 0 Å². The van der Waals surface area contributed by atoms with Crippen LogP contribution in [0.4, 0.5) is 5.69 Å². The van der Waals surface area contributed by atoms with E-state index in [1.165, 1.54) is 6.92 Å². The van der Waals surface area contributed by atoms with Gasteiger partial charge in [0.1, 0.15) is 6.42 Å². The summed E-state index contributed by atoms with van der Waals surface area (Å²) in [5, 5.41) is 5.43. The van der Waals surface area contributed by atoms with Crippen molar-refractivity contribution >= 4 is 23.3 Å². The molecule has 0 aromatic heterocycles. The van der Waals surface area contributed by atoms with Crippen molar-refractivity contribution in [3.8, 4) is 0 Å². The van der Waals surface area contributed by atoms with Crippen molar-refractivity contribution in [3.05, 3.63) is 65.7 Å². The quantitative estimate of drug-likeness (QED) is 0.633. The highest BCUT2D eigenvalue weighted by Crippen LogP contribution is 2.12. The topological polar surface area (TPSA) is 75.3 Å². The van der Waals surface area contributed by atoms with Crippen molar-refractivity contribution in [2.75, 3.05) is 5.32 Å². The molecule has 0 bridgehead atoms. The number of nitrogens with one attached hydrogen (secondary N) is 2. The number of carbonyl (C=O) groups excluding carboxylic acids is 3. The van der Waals surface area contributed by atoms with Gasteiger partial charge in [-0.3, -0.25) is 14.4 Å². The zero-order chi connectivity index (χ0) is 17.5. The Hall–Kier alpha value is -2.95. The summed E-state index contributed by atoms with van der Waals surface area (Å²) in [6, 6.07) is 15.9. The Balaban J connectivity index is 1.85. The number of rotatable bonds is 6. The maximum Gasteiger partial charge on any atom is 0.233 e. The molecule has 24 heavy (non-hydrogen) atoms. The first kappa shape index (κ1) is 17.4. The van der Waals surface area contributed by atoms with E-state index in [4.69, 9.17) is 0 Å². The molecule has 1 atom stereocenters. The molecule has 1 unspecified atom stereocenters. The SMILES string of the molecule is CC(=O)c1ccc(NC(=O)CC(=O)NC(C)c2ccccc2)cc1. The summed E-state index contributed by atoms with van der Waals surface area (Å²) in [6.45, 7) is 3.34. The predicted octanol–water partition coefficient (Wildman–Crippen LogP) is 3.10. The van der Waals surface area contributed by atoms with E-state index in [9.17, 15) is 14.4 Å². The summed E-state index contributed by atoms with van der Waals surface area (Å²) in [5.41, 5.74) is 2.10. The Morgan fingerprint density at radius 3 is 2.12 bits per heavy atom. The molecule has 2 N–H and O–H groups in total. The Bertz CT molecular complexity index is 724. The van der Waals surface area contributed by atoms with Gasteiger partial charge in [0.2, 0.25) is 11.8 Å². The van der Waals surface area contributed by atoms with Crippen LogP contribution in [0.15, 0.2) is 54.6 Å². The second-order valence-electron chi connectivity index (χ2n) is 5.56. The smallest absolute Gasteiger partial charge is 0.233 e. The van der Waals surface area contributed by atoms with Gasteiger partial charge in [-0.2, -0.15) is 0 Å². The molecular weight excluding hydrogens is 304 g/mol. The van der Waals surface area contributed by atoms with Crippen molar-refractivity contribution in [1.29, 1.82) is 0 Å². The Morgan fingerprint density at radius 1 is 0.917 bits per heavy atom. The molecule has 0 radical (unpaired) electrons. The Kier molecular flexibility index (Phi) is 5.84. The molecule has 0 aliphatic carbocycles. The first-order valence-corrected chi connectivity index (χ1v) is 7.71. The molecule has 2 aromatic rings. The molecule has 0 fully saturated rings. The standard InChI is InChI=1S/C19H20N2O3/c1-13(15-6-4-3-5-7-15)20-18(23)12-19(24)21-17-10-8-16(9-11-17)14(2)22/h3-11,13H,12H2,1-2H3,(H,20,23)(H,21,24). The molecule has 0 spiro atoms. The highest BCUT2D eigenvalue weighted by atomic mass is 16.2. The summed E-state index contributed by atoms with van der Waals surface area (Å²) in [5.74, 6) is -0.783. The third-order valence-corrected chi connectivity index (χ3v) is 3.57. The lowest BCUT2D eigenvalue weighted by Crippen LogP contribution is -2.30. The van der Waals surface area contributed by atoms with Crippen LogP contribution in [0.1, 0.15) is 42.2 Å². The lowest BCUT2D eigenvalue weighted by Gasteiger charge is -2.14. The number of Topliss-reactive ketones (excluding diaryl/α,β-unsaturated/α-hetero) is 1. The summed E-state index contributed by atoms with van der Waals surface area (Å²) < 4.78 is 0. The summed E-state index contributed by atoms with van der Waals surface area (Å²) >= 11 is 0. The average molecular weight is 324 g/mol. The maximum absolute atomic E-state index is 12.0. The van der Waals surface area contributed by atoms with Gasteiger partial charge in [-0.05, 0) is 43.7 Å². The average Bonchev–Trinajstić information content (AvgIpc) is 2.55. The molecule has 124 valence electrons. The van der Waals surface area contributed by atoms with Crippen molar-refractivity contribution in [2.24, 2.45) is 0 Å². The molecule has 0 saturated heterocycles. The third kappa shape index (κ3) is 5.05. The number of hydrogen-bond donors (Lipinski definition) is 2. The van der Waals surface area contributed by atoms with E-state index in [-0.39, 0.29) is 24.2 Å². The van der Waals surface area contributed by atoms with E-state index in [1.807, 2.05) is 37.3 Å². The van der Waals surface area contributed by atoms with E-state index in [1.54, 1.807) is 24.3 Å². The van der Waals surface area contributed by atoms with Crippen LogP contribution in [0, 0.1) is 0 Å². The van der Waals surface area contributed by atoms with Crippen molar-refractivity contribution in [2.45, 2.75) is 26.3 Å². The van der Waals surface area contributed by atoms with Crippen LogP contribution >= 0.6 is 0 Å². The fourth-order valence-electron chi connectivity index (χ4n) is 2.26. The summed E-state index contributed by atoms with van der Waals surface area (Å²) in [7, 11) is 0. The van der Waals surface area contributed by atoms with Gasteiger partial charge in [0.15, 0.2) is 5.78 Å². The highest BCUT2D eigenvalue weighted by molar-refractivity contribution is 6.04. The summed E-state index contributed by atoms with van der Waals surface area (Å²) in [6.07, 6.45) is -0.258. The second kappa shape index (κ2) is 8.06. The third-order valence-electron chi connectivity index (χ3n) is 3.57. The lowest BCUT2D eigenvalue weighted by atomic mass is 10.1. The minimum atomic E-state index is -0.400. The maximum atomic E-state index is 12.0. The van der Waals surface area contributed by atoms with Gasteiger partial charge < -0.3 is 10.6 Å². The van der Waals surface area contributed by atoms with Gasteiger partial charge in [0.25, 0.3) is 0 Å². The number of carbonyl (C=O) groups is 3. The van der Waals surface area contributed by atoms with Crippen molar-refractivity contribution in [1.82, 2.24) is 5.32 Å². The van der Waals surface area contributed by atoms with Crippen LogP contribution in [0.25, 0.3) is 0 Å². The molecule has 5 nitrogen and oxygen atoms in total. The molecule has 0 aliphatic rings.